The Hall–Kier alpha value is -1.76. The van der Waals surface area contributed by atoms with Crippen molar-refractivity contribution in [1.82, 2.24) is 15.2 Å². The van der Waals surface area contributed by atoms with Gasteiger partial charge in [-0.3, -0.25) is 10.1 Å². The van der Waals surface area contributed by atoms with Crippen molar-refractivity contribution in [2.45, 2.75) is 59.4 Å². The maximum atomic E-state index is 12.6. The predicted octanol–water partition coefficient (Wildman–Crippen LogP) is 3.56. The standard InChI is InChI=1S/C21H29N3O2S/c1-14-20(27-13-23-14)16-7-5-15(6-8-16)11-22-18-9-17(25)12-24(18)19(26)10-21(2,3)4/h5-8,13,17-18,22,25H,9-12H2,1-4H3. The SMILES string of the molecule is Cc1ncsc1-c1ccc(CNC2CC(O)CN2C(=O)CC(C)(C)C)cc1. The average Bonchev–Trinajstić information content (AvgIpc) is 3.17. The number of carbonyl (C=O) groups excluding carboxylic acids is 1. The molecule has 0 aliphatic carbocycles. The molecular weight excluding hydrogens is 358 g/mol. The molecule has 0 radical (unpaired) electrons. The highest BCUT2D eigenvalue weighted by Gasteiger charge is 2.35. The third-order valence-electron chi connectivity index (χ3n) is 4.78. The second-order valence-electron chi connectivity index (χ2n) is 8.53. The Bertz CT molecular complexity index is 779. The molecule has 1 fully saturated rings. The number of β-amino-alcohol motifs (C(OH)–C–C–N with tert-alkyl or cyclic N) is 1. The van der Waals surface area contributed by atoms with Crippen molar-refractivity contribution >= 4 is 17.2 Å². The summed E-state index contributed by atoms with van der Waals surface area (Å²) in [6, 6.07) is 8.44. The van der Waals surface area contributed by atoms with Gasteiger partial charge in [0, 0.05) is 25.9 Å². The van der Waals surface area contributed by atoms with Crippen LogP contribution in [0.25, 0.3) is 10.4 Å². The first-order chi connectivity index (χ1) is 12.7. The smallest absolute Gasteiger partial charge is 0.224 e. The number of amides is 1. The summed E-state index contributed by atoms with van der Waals surface area (Å²) in [5.74, 6) is 0.104. The summed E-state index contributed by atoms with van der Waals surface area (Å²) < 4.78 is 0. The van der Waals surface area contributed by atoms with Gasteiger partial charge in [0.15, 0.2) is 0 Å². The fourth-order valence-corrected chi connectivity index (χ4v) is 4.24. The van der Waals surface area contributed by atoms with Crippen molar-refractivity contribution in [1.29, 1.82) is 0 Å². The van der Waals surface area contributed by atoms with Gasteiger partial charge in [-0.05, 0) is 23.5 Å². The monoisotopic (exact) mass is 387 g/mol. The van der Waals surface area contributed by atoms with Crippen LogP contribution in [0.1, 0.15) is 44.9 Å². The lowest BCUT2D eigenvalue weighted by atomic mass is 9.91. The molecule has 0 saturated carbocycles. The van der Waals surface area contributed by atoms with Gasteiger partial charge in [0.2, 0.25) is 5.91 Å². The van der Waals surface area contributed by atoms with E-state index in [-0.39, 0.29) is 17.5 Å². The Morgan fingerprint density at radius 2 is 2.04 bits per heavy atom. The normalized spacial score (nSPS) is 20.3. The van der Waals surface area contributed by atoms with Crippen LogP contribution in [0.4, 0.5) is 0 Å². The second kappa shape index (κ2) is 8.09. The van der Waals surface area contributed by atoms with Gasteiger partial charge < -0.3 is 10.0 Å². The second-order valence-corrected chi connectivity index (χ2v) is 9.39. The van der Waals surface area contributed by atoms with Gasteiger partial charge in [0.1, 0.15) is 0 Å². The number of nitrogens with zero attached hydrogens (tertiary/aromatic N) is 2. The molecule has 2 aromatic rings. The summed E-state index contributed by atoms with van der Waals surface area (Å²) in [4.78, 5) is 19.9. The Labute approximate surface area is 165 Å². The van der Waals surface area contributed by atoms with Gasteiger partial charge in [-0.2, -0.15) is 0 Å². The number of thiazole rings is 1. The quantitative estimate of drug-likeness (QED) is 0.823. The van der Waals surface area contributed by atoms with E-state index in [1.807, 2.05) is 12.4 Å². The van der Waals surface area contributed by atoms with Crippen molar-refractivity contribution in [3.8, 4) is 10.4 Å². The summed E-state index contributed by atoms with van der Waals surface area (Å²) in [6.07, 6.45) is 0.496. The lowest BCUT2D eigenvalue weighted by Gasteiger charge is -2.28. The van der Waals surface area contributed by atoms with Crippen LogP contribution in [-0.4, -0.2) is 39.7 Å². The van der Waals surface area contributed by atoms with E-state index in [1.165, 1.54) is 10.4 Å². The van der Waals surface area contributed by atoms with Gasteiger partial charge in [-0.25, -0.2) is 4.98 Å². The maximum absolute atomic E-state index is 12.6. The lowest BCUT2D eigenvalue weighted by molar-refractivity contribution is -0.134. The lowest BCUT2D eigenvalue weighted by Crippen LogP contribution is -2.45. The number of rotatable bonds is 5. The molecule has 2 heterocycles. The molecule has 2 atom stereocenters. The van der Waals surface area contributed by atoms with Crippen molar-refractivity contribution in [2.75, 3.05) is 6.54 Å². The number of hydrogen-bond donors (Lipinski definition) is 2. The average molecular weight is 388 g/mol. The number of carbonyl (C=O) groups is 1. The molecule has 1 amide bonds. The van der Waals surface area contributed by atoms with E-state index in [4.69, 9.17) is 0 Å². The first-order valence-corrected chi connectivity index (χ1v) is 10.3. The highest BCUT2D eigenvalue weighted by Crippen LogP contribution is 2.27. The molecular formula is C21H29N3O2S. The predicted molar refractivity (Wildman–Crippen MR) is 109 cm³/mol. The molecule has 1 aromatic heterocycles. The Morgan fingerprint density at radius 1 is 1.33 bits per heavy atom. The Balaban J connectivity index is 1.61. The number of aliphatic hydroxyl groups excluding tert-OH is 1. The summed E-state index contributed by atoms with van der Waals surface area (Å²) in [7, 11) is 0. The summed E-state index contributed by atoms with van der Waals surface area (Å²) in [5, 5.41) is 13.5. The molecule has 2 unspecified atom stereocenters. The van der Waals surface area contributed by atoms with Crippen LogP contribution in [0.5, 0.6) is 0 Å². The zero-order valence-electron chi connectivity index (χ0n) is 16.5. The van der Waals surface area contributed by atoms with E-state index < -0.39 is 6.10 Å². The fourth-order valence-electron chi connectivity index (χ4n) is 3.43. The minimum absolute atomic E-state index is 0.0558. The van der Waals surface area contributed by atoms with Crippen molar-refractivity contribution in [2.24, 2.45) is 5.41 Å². The topological polar surface area (TPSA) is 65.5 Å². The minimum atomic E-state index is -0.455. The molecule has 27 heavy (non-hydrogen) atoms. The zero-order valence-corrected chi connectivity index (χ0v) is 17.3. The first kappa shape index (κ1) is 20.0. The highest BCUT2D eigenvalue weighted by molar-refractivity contribution is 7.13. The van der Waals surface area contributed by atoms with Crippen LogP contribution in [0.3, 0.4) is 0 Å². The molecule has 5 nitrogen and oxygen atoms in total. The van der Waals surface area contributed by atoms with Crippen LogP contribution in [0.15, 0.2) is 29.8 Å². The van der Waals surface area contributed by atoms with Crippen LogP contribution in [0, 0.1) is 12.3 Å². The summed E-state index contributed by atoms with van der Waals surface area (Å²) in [6.45, 7) is 9.29. The van der Waals surface area contributed by atoms with Crippen molar-refractivity contribution in [3.63, 3.8) is 0 Å². The minimum Gasteiger partial charge on any atom is -0.391 e. The van der Waals surface area contributed by atoms with Crippen LogP contribution in [0.2, 0.25) is 0 Å². The third-order valence-corrected chi connectivity index (χ3v) is 5.76. The van der Waals surface area contributed by atoms with E-state index >= 15 is 0 Å². The van der Waals surface area contributed by atoms with Crippen molar-refractivity contribution < 1.29 is 9.90 Å². The molecule has 1 saturated heterocycles. The molecule has 0 spiro atoms. The molecule has 1 aromatic carbocycles. The van der Waals surface area contributed by atoms with E-state index in [0.717, 1.165) is 11.3 Å². The highest BCUT2D eigenvalue weighted by atomic mass is 32.1. The van der Waals surface area contributed by atoms with Crippen LogP contribution >= 0.6 is 11.3 Å². The van der Waals surface area contributed by atoms with E-state index in [9.17, 15) is 9.90 Å². The molecule has 3 rings (SSSR count). The number of benzene rings is 1. The van der Waals surface area contributed by atoms with E-state index in [0.29, 0.717) is 25.9 Å². The molecule has 1 aliphatic rings. The van der Waals surface area contributed by atoms with Gasteiger partial charge in [0.05, 0.1) is 28.4 Å². The molecule has 2 N–H and O–H groups in total. The number of hydrogen-bond acceptors (Lipinski definition) is 5. The van der Waals surface area contributed by atoms with Gasteiger partial charge in [0.25, 0.3) is 0 Å². The summed E-state index contributed by atoms with van der Waals surface area (Å²) >= 11 is 1.65. The number of aromatic nitrogens is 1. The van der Waals surface area contributed by atoms with E-state index in [2.05, 4.69) is 55.3 Å². The molecule has 0 bridgehead atoms. The number of nitrogens with one attached hydrogen (secondary N) is 1. The van der Waals surface area contributed by atoms with Gasteiger partial charge in [-0.1, -0.05) is 45.0 Å². The van der Waals surface area contributed by atoms with Crippen LogP contribution in [-0.2, 0) is 11.3 Å². The molecule has 6 heteroatoms. The van der Waals surface area contributed by atoms with E-state index in [1.54, 1.807) is 16.2 Å². The summed E-state index contributed by atoms with van der Waals surface area (Å²) in [5.41, 5.74) is 5.20. The molecule has 146 valence electrons. The van der Waals surface area contributed by atoms with Gasteiger partial charge in [-0.15, -0.1) is 11.3 Å². The number of aryl methyl sites for hydroxylation is 1. The van der Waals surface area contributed by atoms with Crippen molar-refractivity contribution in [3.05, 3.63) is 41.0 Å². The Kier molecular flexibility index (Phi) is 5.99. The fraction of sp³-hybridized carbons (Fsp3) is 0.524. The first-order valence-electron chi connectivity index (χ1n) is 9.43. The van der Waals surface area contributed by atoms with Gasteiger partial charge >= 0.3 is 0 Å². The maximum Gasteiger partial charge on any atom is 0.224 e. The third kappa shape index (κ3) is 5.15. The number of likely N-dealkylation sites (tertiary alicyclic amines) is 1. The zero-order chi connectivity index (χ0) is 19.6. The largest absolute Gasteiger partial charge is 0.391 e. The number of aliphatic hydroxyl groups is 1. The van der Waals surface area contributed by atoms with Crippen LogP contribution < -0.4 is 5.32 Å². The molecule has 1 aliphatic heterocycles. The Morgan fingerprint density at radius 3 is 2.63 bits per heavy atom.